The summed E-state index contributed by atoms with van der Waals surface area (Å²) in [6.07, 6.45) is 8.34. The molecule has 28 heavy (non-hydrogen) atoms. The maximum atomic E-state index is 12.3. The molecule has 0 fully saturated rings. The molecule has 1 aromatic carbocycles. The third-order valence-electron chi connectivity index (χ3n) is 4.14. The largest absolute Gasteiger partial charge is 0.462 e. The van der Waals surface area contributed by atoms with E-state index >= 15 is 0 Å². The van der Waals surface area contributed by atoms with Crippen molar-refractivity contribution in [2.24, 2.45) is 0 Å². The topological polar surface area (TPSA) is 83.0 Å². The molecule has 4 rings (SSSR count). The molecule has 0 spiro atoms. The van der Waals surface area contributed by atoms with Crippen molar-refractivity contribution < 1.29 is 14.1 Å². The number of carbonyl (C=O) groups excluding carboxylic acids is 1. The Morgan fingerprint density at radius 2 is 2.00 bits per heavy atom. The van der Waals surface area contributed by atoms with Gasteiger partial charge in [0.1, 0.15) is 0 Å². The second-order valence-corrected chi connectivity index (χ2v) is 6.13. The molecule has 7 nitrogen and oxygen atoms in total. The zero-order valence-corrected chi connectivity index (χ0v) is 15.1. The number of nitrogens with zero attached hydrogens (tertiary/aromatic N) is 4. The second-order valence-electron chi connectivity index (χ2n) is 6.13. The average molecular weight is 374 g/mol. The van der Waals surface area contributed by atoms with E-state index in [0.717, 1.165) is 11.3 Å². The summed E-state index contributed by atoms with van der Waals surface area (Å²) >= 11 is 0. The summed E-state index contributed by atoms with van der Waals surface area (Å²) in [6, 6.07) is 14.9. The van der Waals surface area contributed by atoms with Crippen LogP contribution in [-0.4, -0.2) is 32.3 Å². The quantitative estimate of drug-likeness (QED) is 0.362. The van der Waals surface area contributed by atoms with Crippen molar-refractivity contribution in [2.75, 3.05) is 6.61 Å². The van der Waals surface area contributed by atoms with Crippen LogP contribution in [0.15, 0.2) is 77.8 Å². The minimum atomic E-state index is -0.351. The fraction of sp³-hybridized carbons (Fsp3) is 0.143. The third-order valence-corrected chi connectivity index (χ3v) is 4.14. The second kappa shape index (κ2) is 8.30. The van der Waals surface area contributed by atoms with Gasteiger partial charge in [-0.05, 0) is 48.9 Å². The van der Waals surface area contributed by atoms with Crippen LogP contribution in [0.2, 0.25) is 0 Å². The lowest BCUT2D eigenvalue weighted by molar-refractivity contribution is 0.0498. The SMILES string of the molecule is O=C(OCCCc1nc(-c2cccnc2)no1)c1cccc(-n2cccc2)c1. The Morgan fingerprint density at radius 3 is 2.82 bits per heavy atom. The van der Waals surface area contributed by atoms with E-state index < -0.39 is 0 Å². The van der Waals surface area contributed by atoms with E-state index in [-0.39, 0.29) is 12.6 Å². The van der Waals surface area contributed by atoms with E-state index in [1.54, 1.807) is 24.5 Å². The summed E-state index contributed by atoms with van der Waals surface area (Å²) in [5, 5.41) is 3.95. The van der Waals surface area contributed by atoms with E-state index in [0.29, 0.717) is 30.1 Å². The molecule has 7 heteroatoms. The highest BCUT2D eigenvalue weighted by atomic mass is 16.5. The van der Waals surface area contributed by atoms with Gasteiger partial charge in [0, 0.05) is 42.5 Å². The molecule has 3 heterocycles. The van der Waals surface area contributed by atoms with Crippen molar-refractivity contribution >= 4 is 5.97 Å². The molecular formula is C21H18N4O3. The smallest absolute Gasteiger partial charge is 0.338 e. The summed E-state index contributed by atoms with van der Waals surface area (Å²) in [7, 11) is 0. The lowest BCUT2D eigenvalue weighted by Gasteiger charge is -2.07. The first kappa shape index (κ1) is 17.7. The lowest BCUT2D eigenvalue weighted by atomic mass is 10.2. The number of hydrogen-bond donors (Lipinski definition) is 0. The van der Waals surface area contributed by atoms with Crippen LogP contribution in [-0.2, 0) is 11.2 Å². The number of aryl methyl sites for hydroxylation is 1. The zero-order chi connectivity index (χ0) is 19.2. The van der Waals surface area contributed by atoms with Crippen molar-refractivity contribution in [3.05, 3.63) is 84.8 Å². The number of benzene rings is 1. The van der Waals surface area contributed by atoms with Gasteiger partial charge >= 0.3 is 5.97 Å². The van der Waals surface area contributed by atoms with Crippen LogP contribution in [0.1, 0.15) is 22.7 Å². The predicted octanol–water partition coefficient (Wildman–Crippen LogP) is 3.71. The first-order valence-electron chi connectivity index (χ1n) is 8.93. The molecule has 0 amide bonds. The van der Waals surface area contributed by atoms with E-state index in [2.05, 4.69) is 15.1 Å². The molecule has 0 aliphatic rings. The minimum Gasteiger partial charge on any atom is -0.462 e. The molecule has 0 saturated carbocycles. The number of pyridine rings is 1. The molecule has 0 radical (unpaired) electrons. The van der Waals surface area contributed by atoms with Crippen LogP contribution < -0.4 is 0 Å². The van der Waals surface area contributed by atoms with Gasteiger partial charge in [-0.2, -0.15) is 4.98 Å². The van der Waals surface area contributed by atoms with Crippen LogP contribution >= 0.6 is 0 Å². The van der Waals surface area contributed by atoms with E-state index in [4.69, 9.17) is 9.26 Å². The number of esters is 1. The van der Waals surface area contributed by atoms with Crippen LogP contribution in [0.25, 0.3) is 17.1 Å². The molecule has 140 valence electrons. The molecule has 0 unspecified atom stereocenters. The number of hydrogen-bond acceptors (Lipinski definition) is 6. The van der Waals surface area contributed by atoms with Gasteiger partial charge in [-0.1, -0.05) is 11.2 Å². The van der Waals surface area contributed by atoms with Crippen LogP contribution in [0.5, 0.6) is 0 Å². The van der Waals surface area contributed by atoms with Gasteiger partial charge in [-0.3, -0.25) is 4.98 Å². The number of rotatable bonds is 7. The predicted molar refractivity (Wildman–Crippen MR) is 102 cm³/mol. The lowest BCUT2D eigenvalue weighted by Crippen LogP contribution is -2.08. The summed E-state index contributed by atoms with van der Waals surface area (Å²) < 4.78 is 12.5. The Kier molecular flexibility index (Phi) is 5.24. The normalized spacial score (nSPS) is 10.7. The number of carbonyl (C=O) groups is 1. The minimum absolute atomic E-state index is 0.275. The first-order chi connectivity index (χ1) is 13.8. The molecule has 0 aliphatic heterocycles. The third kappa shape index (κ3) is 4.15. The first-order valence-corrected chi connectivity index (χ1v) is 8.93. The maximum absolute atomic E-state index is 12.3. The average Bonchev–Trinajstić information content (AvgIpc) is 3.44. The van der Waals surface area contributed by atoms with Gasteiger partial charge < -0.3 is 13.8 Å². The molecule has 0 aliphatic carbocycles. The summed E-state index contributed by atoms with van der Waals surface area (Å²) in [5.41, 5.74) is 2.22. The van der Waals surface area contributed by atoms with Gasteiger partial charge in [-0.25, -0.2) is 4.79 Å². The summed E-state index contributed by atoms with van der Waals surface area (Å²) in [4.78, 5) is 20.6. The molecular weight excluding hydrogens is 356 g/mol. The van der Waals surface area contributed by atoms with Crippen molar-refractivity contribution in [1.82, 2.24) is 19.7 Å². The van der Waals surface area contributed by atoms with E-state index in [9.17, 15) is 4.79 Å². The fourth-order valence-electron chi connectivity index (χ4n) is 2.74. The summed E-state index contributed by atoms with van der Waals surface area (Å²) in [5.74, 6) is 0.655. The number of aromatic nitrogens is 4. The van der Waals surface area contributed by atoms with Crippen molar-refractivity contribution in [3.8, 4) is 17.1 Å². The Bertz CT molecular complexity index is 1040. The van der Waals surface area contributed by atoms with Gasteiger partial charge in [0.15, 0.2) is 0 Å². The van der Waals surface area contributed by atoms with Crippen LogP contribution in [0, 0.1) is 0 Å². The maximum Gasteiger partial charge on any atom is 0.338 e. The van der Waals surface area contributed by atoms with Gasteiger partial charge in [0.05, 0.1) is 12.2 Å². The van der Waals surface area contributed by atoms with Crippen molar-refractivity contribution in [1.29, 1.82) is 0 Å². The monoisotopic (exact) mass is 374 g/mol. The van der Waals surface area contributed by atoms with Gasteiger partial charge in [0.25, 0.3) is 0 Å². The van der Waals surface area contributed by atoms with Crippen LogP contribution in [0.4, 0.5) is 0 Å². The highest BCUT2D eigenvalue weighted by Crippen LogP contribution is 2.15. The highest BCUT2D eigenvalue weighted by molar-refractivity contribution is 5.90. The Labute approximate surface area is 161 Å². The molecule has 3 aromatic heterocycles. The molecule has 0 atom stereocenters. The Morgan fingerprint density at radius 1 is 1.11 bits per heavy atom. The Hall–Kier alpha value is -3.74. The van der Waals surface area contributed by atoms with Crippen molar-refractivity contribution in [2.45, 2.75) is 12.8 Å². The molecule has 0 saturated heterocycles. The van der Waals surface area contributed by atoms with Gasteiger partial charge in [0.2, 0.25) is 11.7 Å². The zero-order valence-electron chi connectivity index (χ0n) is 15.1. The summed E-state index contributed by atoms with van der Waals surface area (Å²) in [6.45, 7) is 0.275. The van der Waals surface area contributed by atoms with Crippen molar-refractivity contribution in [3.63, 3.8) is 0 Å². The highest BCUT2D eigenvalue weighted by Gasteiger charge is 2.11. The molecule has 0 N–H and O–H groups in total. The standard InChI is InChI=1S/C21H18N4O3/c26-21(16-6-3-8-18(14-16)25-11-1-2-12-25)27-13-5-9-19-23-20(24-28-19)17-7-4-10-22-15-17/h1-4,6-8,10-12,14-15H,5,9,13H2. The molecule has 4 aromatic rings. The Balaban J connectivity index is 1.28. The van der Waals surface area contributed by atoms with E-state index in [1.807, 2.05) is 53.4 Å². The van der Waals surface area contributed by atoms with E-state index in [1.165, 1.54) is 0 Å². The van der Waals surface area contributed by atoms with Crippen LogP contribution in [0.3, 0.4) is 0 Å². The molecule has 0 bridgehead atoms. The number of ether oxygens (including phenoxy) is 1. The fourth-order valence-corrected chi connectivity index (χ4v) is 2.74. The van der Waals surface area contributed by atoms with Gasteiger partial charge in [-0.15, -0.1) is 0 Å².